The molecule has 1 aliphatic rings. The van der Waals surface area contributed by atoms with Gasteiger partial charge in [0.1, 0.15) is 11.6 Å². The van der Waals surface area contributed by atoms with E-state index in [4.69, 9.17) is 5.11 Å². The van der Waals surface area contributed by atoms with Gasteiger partial charge in [0.2, 0.25) is 5.91 Å². The quantitative estimate of drug-likeness (QED) is 0.699. The fourth-order valence-electron chi connectivity index (χ4n) is 3.90. The number of carbonyl (C=O) groups excluding carboxylic acids is 2. The Hall–Kier alpha value is -3.00. The van der Waals surface area contributed by atoms with E-state index < -0.39 is 0 Å². The van der Waals surface area contributed by atoms with Gasteiger partial charge in [-0.25, -0.2) is 9.37 Å². The number of hydrogen-bond acceptors (Lipinski definition) is 5. The maximum Gasteiger partial charge on any atom is 0.251 e. The number of nitrogens with zero attached hydrogens (tertiary/aromatic N) is 2. The summed E-state index contributed by atoms with van der Waals surface area (Å²) in [4.78, 5) is 30.8. The van der Waals surface area contributed by atoms with Crippen molar-refractivity contribution in [2.75, 3.05) is 23.4 Å². The molecule has 8 heteroatoms. The summed E-state index contributed by atoms with van der Waals surface area (Å²) in [6, 6.07) is 7.80. The Kier molecular flexibility index (Phi) is 6.36. The first-order valence-corrected chi connectivity index (χ1v) is 9.97. The second kappa shape index (κ2) is 8.79. The molecule has 0 radical (unpaired) electrons. The molecule has 2 aromatic rings. The SMILES string of the molecule is CC(=O)N1c2ccc(C(=O)NCCO)cc2[C@H](Nc2ccc(F)c(C)n2)[C@@H](C)[C@@H]1C. The van der Waals surface area contributed by atoms with Crippen LogP contribution in [0.5, 0.6) is 0 Å². The van der Waals surface area contributed by atoms with Gasteiger partial charge in [-0.2, -0.15) is 0 Å². The van der Waals surface area contributed by atoms with E-state index in [9.17, 15) is 14.0 Å². The molecular weight excluding hydrogens is 387 g/mol. The summed E-state index contributed by atoms with van der Waals surface area (Å²) in [5.41, 5.74) is 2.24. The third kappa shape index (κ3) is 4.14. The van der Waals surface area contributed by atoms with Crippen molar-refractivity contribution in [2.45, 2.75) is 39.8 Å². The summed E-state index contributed by atoms with van der Waals surface area (Å²) in [7, 11) is 0. The lowest BCUT2D eigenvalue weighted by Gasteiger charge is -2.44. The number of hydrogen-bond donors (Lipinski definition) is 3. The molecule has 0 unspecified atom stereocenters. The second-order valence-electron chi connectivity index (χ2n) is 7.63. The van der Waals surface area contributed by atoms with Gasteiger partial charge in [-0.05, 0) is 49.7 Å². The van der Waals surface area contributed by atoms with Gasteiger partial charge in [-0.15, -0.1) is 0 Å². The Morgan fingerprint density at radius 1 is 1.23 bits per heavy atom. The van der Waals surface area contributed by atoms with Crippen LogP contribution in [0.1, 0.15) is 48.4 Å². The van der Waals surface area contributed by atoms with E-state index in [2.05, 4.69) is 15.6 Å². The van der Waals surface area contributed by atoms with Gasteiger partial charge in [0.15, 0.2) is 0 Å². The first kappa shape index (κ1) is 21.7. The van der Waals surface area contributed by atoms with Gasteiger partial charge in [0.25, 0.3) is 5.91 Å². The second-order valence-corrected chi connectivity index (χ2v) is 7.63. The molecule has 1 aromatic carbocycles. The van der Waals surface area contributed by atoms with Crippen LogP contribution < -0.4 is 15.5 Å². The van der Waals surface area contributed by atoms with E-state index in [1.54, 1.807) is 36.1 Å². The molecule has 0 fully saturated rings. The molecule has 0 aliphatic carbocycles. The zero-order valence-electron chi connectivity index (χ0n) is 17.6. The lowest BCUT2D eigenvalue weighted by atomic mass is 9.82. The monoisotopic (exact) mass is 414 g/mol. The summed E-state index contributed by atoms with van der Waals surface area (Å²) in [5, 5.41) is 15.0. The minimum Gasteiger partial charge on any atom is -0.395 e. The average Bonchev–Trinajstić information content (AvgIpc) is 2.71. The highest BCUT2D eigenvalue weighted by Gasteiger charge is 2.38. The summed E-state index contributed by atoms with van der Waals surface area (Å²) in [5.74, 6) is -0.250. The van der Waals surface area contributed by atoms with Crippen LogP contribution in [0, 0.1) is 18.7 Å². The number of amides is 2. The highest BCUT2D eigenvalue weighted by Crippen LogP contribution is 2.42. The Bertz CT molecular complexity index is 965. The molecule has 1 aromatic heterocycles. The first-order chi connectivity index (χ1) is 14.2. The van der Waals surface area contributed by atoms with Crippen LogP contribution in [0.3, 0.4) is 0 Å². The zero-order chi connectivity index (χ0) is 22.0. The summed E-state index contributed by atoms with van der Waals surface area (Å²) in [6.07, 6.45) is 0. The number of aliphatic hydroxyl groups excluding tert-OH is 1. The number of anilines is 2. The normalized spacial score (nSPS) is 20.5. The fourth-order valence-corrected chi connectivity index (χ4v) is 3.90. The Labute approximate surface area is 175 Å². The summed E-state index contributed by atoms with van der Waals surface area (Å²) in [6.45, 7) is 7.13. The average molecular weight is 414 g/mol. The van der Waals surface area contributed by atoms with Gasteiger partial charge in [-0.3, -0.25) is 9.59 Å². The van der Waals surface area contributed by atoms with Gasteiger partial charge < -0.3 is 20.6 Å². The van der Waals surface area contributed by atoms with E-state index in [0.29, 0.717) is 17.1 Å². The van der Waals surface area contributed by atoms with Crippen LogP contribution in [0.25, 0.3) is 0 Å². The standard InChI is InChI=1S/C22H27FN4O3/c1-12-14(3)27(15(4)29)19-7-5-16(22(30)24-9-10-28)11-17(19)21(12)26-20-8-6-18(23)13(2)25-20/h5-8,11-12,14,21,28H,9-10H2,1-4H3,(H,24,30)(H,25,26)/t12-,14-,21+/m0/s1. The Morgan fingerprint density at radius 2 is 1.97 bits per heavy atom. The third-order valence-electron chi connectivity index (χ3n) is 5.64. The topological polar surface area (TPSA) is 94.6 Å². The van der Waals surface area contributed by atoms with Gasteiger partial charge in [-0.1, -0.05) is 6.92 Å². The van der Waals surface area contributed by atoms with Gasteiger partial charge in [0.05, 0.1) is 18.3 Å². The van der Waals surface area contributed by atoms with Crippen molar-refractivity contribution >= 4 is 23.3 Å². The molecule has 3 N–H and O–H groups in total. The number of rotatable bonds is 5. The Morgan fingerprint density at radius 3 is 2.60 bits per heavy atom. The largest absolute Gasteiger partial charge is 0.395 e. The molecule has 0 bridgehead atoms. The maximum absolute atomic E-state index is 13.6. The molecule has 3 atom stereocenters. The van der Waals surface area contributed by atoms with E-state index in [0.717, 1.165) is 11.3 Å². The van der Waals surface area contributed by atoms with Crippen molar-refractivity contribution < 1.29 is 19.1 Å². The first-order valence-electron chi connectivity index (χ1n) is 9.97. The molecule has 3 rings (SSSR count). The van der Waals surface area contributed by atoms with Crippen molar-refractivity contribution in [2.24, 2.45) is 5.92 Å². The van der Waals surface area contributed by atoms with E-state index in [-0.39, 0.29) is 48.8 Å². The minimum absolute atomic E-state index is 0.00990. The van der Waals surface area contributed by atoms with Gasteiger partial charge in [0, 0.05) is 36.7 Å². The number of carbonyl (C=O) groups is 2. The molecule has 7 nitrogen and oxygen atoms in total. The maximum atomic E-state index is 13.6. The summed E-state index contributed by atoms with van der Waals surface area (Å²) >= 11 is 0. The highest BCUT2D eigenvalue weighted by atomic mass is 19.1. The van der Waals surface area contributed by atoms with Crippen molar-refractivity contribution in [3.63, 3.8) is 0 Å². The number of benzene rings is 1. The lowest BCUT2D eigenvalue weighted by Crippen LogP contribution is -2.48. The number of aliphatic hydroxyl groups is 1. The van der Waals surface area contributed by atoms with Crippen molar-refractivity contribution in [3.05, 3.63) is 53.0 Å². The number of nitrogens with one attached hydrogen (secondary N) is 2. The van der Waals surface area contributed by atoms with Crippen LogP contribution in [0.4, 0.5) is 15.9 Å². The van der Waals surface area contributed by atoms with Crippen molar-refractivity contribution in [1.29, 1.82) is 0 Å². The molecule has 160 valence electrons. The van der Waals surface area contributed by atoms with Gasteiger partial charge >= 0.3 is 0 Å². The van der Waals surface area contributed by atoms with Crippen LogP contribution in [-0.4, -0.2) is 41.1 Å². The lowest BCUT2D eigenvalue weighted by molar-refractivity contribution is -0.117. The van der Waals surface area contributed by atoms with Crippen LogP contribution >= 0.6 is 0 Å². The Balaban J connectivity index is 2.05. The summed E-state index contributed by atoms with van der Waals surface area (Å²) < 4.78 is 13.6. The molecule has 1 aliphatic heterocycles. The third-order valence-corrected chi connectivity index (χ3v) is 5.64. The highest BCUT2D eigenvalue weighted by molar-refractivity contribution is 5.98. The number of fused-ring (bicyclic) bond motifs is 1. The van der Waals surface area contributed by atoms with Crippen LogP contribution in [0.15, 0.2) is 30.3 Å². The molecule has 2 amide bonds. The van der Waals surface area contributed by atoms with Crippen LogP contribution in [0.2, 0.25) is 0 Å². The smallest absolute Gasteiger partial charge is 0.251 e. The van der Waals surface area contributed by atoms with Crippen molar-refractivity contribution in [1.82, 2.24) is 10.3 Å². The fraction of sp³-hybridized carbons (Fsp3) is 0.409. The molecule has 2 heterocycles. The molecule has 0 saturated heterocycles. The number of halogens is 1. The molecule has 30 heavy (non-hydrogen) atoms. The number of aromatic nitrogens is 1. The van der Waals surface area contributed by atoms with Crippen LogP contribution in [-0.2, 0) is 4.79 Å². The molecular formula is C22H27FN4O3. The van der Waals surface area contributed by atoms with E-state index in [1.165, 1.54) is 13.0 Å². The van der Waals surface area contributed by atoms with Crippen molar-refractivity contribution in [3.8, 4) is 0 Å². The minimum atomic E-state index is -0.378. The number of pyridine rings is 1. The van der Waals surface area contributed by atoms with E-state index in [1.807, 2.05) is 13.8 Å². The molecule has 0 saturated carbocycles. The predicted octanol–water partition coefficient (Wildman–Crippen LogP) is 2.80. The molecule has 0 spiro atoms. The predicted molar refractivity (Wildman–Crippen MR) is 113 cm³/mol. The number of aryl methyl sites for hydroxylation is 1. The zero-order valence-corrected chi connectivity index (χ0v) is 17.6. The van der Waals surface area contributed by atoms with E-state index >= 15 is 0 Å².